The maximum Gasteiger partial charge on any atom is 0.304 e. The van der Waals surface area contributed by atoms with Crippen LogP contribution in [0.4, 0.5) is 0 Å². The molecule has 1 aliphatic rings. The number of aliphatic hydroxyl groups excluding tert-OH is 1. The Morgan fingerprint density at radius 3 is 2.64 bits per heavy atom. The first-order valence-corrected chi connectivity index (χ1v) is 10.0. The molecule has 1 unspecified atom stereocenters. The molecule has 0 aliphatic heterocycles. The van der Waals surface area contributed by atoms with Crippen LogP contribution < -0.4 is 0 Å². The van der Waals surface area contributed by atoms with Gasteiger partial charge >= 0.3 is 5.97 Å². The molecule has 2 aromatic carbocycles. The van der Waals surface area contributed by atoms with Gasteiger partial charge in [-0.15, -0.1) is 0 Å². The maximum atomic E-state index is 11.5. The van der Waals surface area contributed by atoms with E-state index in [1.54, 1.807) is 6.92 Å². The van der Waals surface area contributed by atoms with E-state index in [0.717, 1.165) is 46.1 Å². The monoisotopic (exact) mass is 397 g/mol. The molecule has 0 radical (unpaired) electrons. The van der Waals surface area contributed by atoms with E-state index in [4.69, 9.17) is 11.6 Å². The highest BCUT2D eigenvalue weighted by molar-refractivity contribution is 6.30. The molecule has 0 bridgehead atoms. The number of aromatic nitrogens is 1. The zero-order valence-corrected chi connectivity index (χ0v) is 16.8. The predicted octanol–water partition coefficient (Wildman–Crippen LogP) is 5.21. The van der Waals surface area contributed by atoms with Crippen molar-refractivity contribution in [1.82, 2.24) is 4.57 Å². The number of benzene rings is 2. The number of carboxylic acids is 1. The molecule has 0 saturated carbocycles. The van der Waals surface area contributed by atoms with E-state index in [9.17, 15) is 15.0 Å². The van der Waals surface area contributed by atoms with Crippen LogP contribution in [0.25, 0.3) is 10.9 Å². The fourth-order valence-electron chi connectivity index (χ4n) is 4.61. The van der Waals surface area contributed by atoms with Crippen LogP contribution in [0.1, 0.15) is 59.7 Å². The molecule has 0 spiro atoms. The van der Waals surface area contributed by atoms with Gasteiger partial charge in [-0.25, -0.2) is 0 Å². The normalized spacial score (nSPS) is 17.1. The first-order chi connectivity index (χ1) is 13.3. The summed E-state index contributed by atoms with van der Waals surface area (Å²) in [6.45, 7) is 4.45. The molecular formula is C23H24ClNO3. The van der Waals surface area contributed by atoms with Crippen molar-refractivity contribution in [1.29, 1.82) is 0 Å². The van der Waals surface area contributed by atoms with Crippen LogP contribution in [0.3, 0.4) is 0 Å². The highest BCUT2D eigenvalue weighted by Crippen LogP contribution is 2.44. The molecule has 0 amide bonds. The first kappa shape index (κ1) is 19.0. The van der Waals surface area contributed by atoms with E-state index in [1.165, 1.54) is 5.56 Å². The van der Waals surface area contributed by atoms with Crippen molar-refractivity contribution in [2.75, 3.05) is 0 Å². The average Bonchev–Trinajstić information content (AvgIpc) is 3.16. The number of rotatable bonds is 5. The van der Waals surface area contributed by atoms with Crippen LogP contribution in [-0.4, -0.2) is 20.7 Å². The van der Waals surface area contributed by atoms with E-state index in [-0.39, 0.29) is 12.3 Å². The molecule has 1 aromatic heterocycles. The van der Waals surface area contributed by atoms with Gasteiger partial charge in [-0.3, -0.25) is 4.79 Å². The molecule has 2 atom stereocenters. The summed E-state index contributed by atoms with van der Waals surface area (Å²) in [5, 5.41) is 21.7. The van der Waals surface area contributed by atoms with Crippen molar-refractivity contribution in [2.45, 2.75) is 51.7 Å². The Morgan fingerprint density at radius 2 is 2.00 bits per heavy atom. The number of halogens is 1. The lowest BCUT2D eigenvalue weighted by molar-refractivity contribution is -0.137. The van der Waals surface area contributed by atoms with E-state index in [0.29, 0.717) is 11.6 Å². The lowest BCUT2D eigenvalue weighted by Gasteiger charge is -2.18. The lowest BCUT2D eigenvalue weighted by atomic mass is 10.0. The third kappa shape index (κ3) is 3.31. The minimum absolute atomic E-state index is 0.00523. The van der Waals surface area contributed by atoms with Gasteiger partial charge in [0.2, 0.25) is 0 Å². The van der Waals surface area contributed by atoms with E-state index < -0.39 is 12.1 Å². The number of aliphatic hydroxyl groups is 1. The molecule has 4 rings (SSSR count). The van der Waals surface area contributed by atoms with Gasteiger partial charge in [0.05, 0.1) is 18.0 Å². The number of nitrogens with zero attached hydrogens (tertiary/aromatic N) is 1. The van der Waals surface area contributed by atoms with Gasteiger partial charge in [-0.2, -0.15) is 0 Å². The maximum absolute atomic E-state index is 11.5. The Bertz CT molecular complexity index is 1050. The Labute approximate surface area is 169 Å². The topological polar surface area (TPSA) is 62.5 Å². The molecule has 146 valence electrons. The molecule has 0 fully saturated rings. The van der Waals surface area contributed by atoms with Crippen molar-refractivity contribution in [2.24, 2.45) is 0 Å². The lowest BCUT2D eigenvalue weighted by Crippen LogP contribution is -2.11. The smallest absolute Gasteiger partial charge is 0.304 e. The summed E-state index contributed by atoms with van der Waals surface area (Å²) in [7, 11) is 0. The van der Waals surface area contributed by atoms with Gasteiger partial charge in [0.15, 0.2) is 0 Å². The number of hydrogen-bond acceptors (Lipinski definition) is 2. The zero-order chi connectivity index (χ0) is 20.0. The standard InChI is InChI=1S/C23H24ClNO3/c1-13-9-19(14(2)26)23-20(10-13)18-8-5-16(11-21(27)28)22(18)25(23)12-15-3-6-17(24)7-4-15/h3-4,6-7,9-10,14,16,26H,5,8,11-12H2,1-2H3,(H,27,28)/t14?,16-/m1/s1. The molecule has 1 aliphatic carbocycles. The molecule has 5 heteroatoms. The summed E-state index contributed by atoms with van der Waals surface area (Å²) < 4.78 is 2.23. The van der Waals surface area contributed by atoms with Crippen molar-refractivity contribution < 1.29 is 15.0 Å². The Kier molecular flexibility index (Phi) is 4.94. The van der Waals surface area contributed by atoms with Crippen LogP contribution in [0, 0.1) is 6.92 Å². The van der Waals surface area contributed by atoms with Crippen LogP contribution >= 0.6 is 11.6 Å². The SMILES string of the molecule is Cc1cc(C(C)O)c2c(c1)c1c(n2Cc2ccc(Cl)cc2)[C@@H](CC(=O)O)CC1. The summed E-state index contributed by atoms with van der Waals surface area (Å²) in [5.41, 5.74) is 6.47. The highest BCUT2D eigenvalue weighted by atomic mass is 35.5. The third-order valence-corrected chi connectivity index (χ3v) is 5.99. The van der Waals surface area contributed by atoms with Crippen molar-refractivity contribution in [3.8, 4) is 0 Å². The van der Waals surface area contributed by atoms with Crippen LogP contribution in [0.15, 0.2) is 36.4 Å². The van der Waals surface area contributed by atoms with Crippen molar-refractivity contribution >= 4 is 28.5 Å². The molecule has 4 nitrogen and oxygen atoms in total. The summed E-state index contributed by atoms with van der Waals surface area (Å²) >= 11 is 6.04. The average molecular weight is 398 g/mol. The Morgan fingerprint density at radius 1 is 1.29 bits per heavy atom. The number of aliphatic carboxylic acids is 1. The van der Waals surface area contributed by atoms with E-state index in [2.05, 4.69) is 10.6 Å². The zero-order valence-electron chi connectivity index (χ0n) is 16.1. The second kappa shape index (κ2) is 7.26. The number of fused-ring (bicyclic) bond motifs is 3. The summed E-state index contributed by atoms with van der Waals surface area (Å²) in [5.74, 6) is -0.776. The van der Waals surface area contributed by atoms with Crippen molar-refractivity contribution in [3.05, 3.63) is 69.4 Å². The molecule has 1 heterocycles. The highest BCUT2D eigenvalue weighted by Gasteiger charge is 2.32. The number of hydrogen-bond donors (Lipinski definition) is 2. The summed E-state index contributed by atoms with van der Waals surface area (Å²) in [6.07, 6.45) is 1.26. The van der Waals surface area contributed by atoms with E-state index >= 15 is 0 Å². The number of carboxylic acid groups (broad SMARTS) is 1. The minimum atomic E-state index is -0.770. The van der Waals surface area contributed by atoms with Crippen LogP contribution in [-0.2, 0) is 17.8 Å². The molecule has 0 saturated heterocycles. The van der Waals surface area contributed by atoms with Gasteiger partial charge in [-0.05, 0) is 56.0 Å². The van der Waals surface area contributed by atoms with Crippen LogP contribution in [0.5, 0.6) is 0 Å². The van der Waals surface area contributed by atoms with Crippen LogP contribution in [0.2, 0.25) is 5.02 Å². The second-order valence-electron chi connectivity index (χ2n) is 7.84. The number of carbonyl (C=O) groups is 1. The molecular weight excluding hydrogens is 374 g/mol. The summed E-state index contributed by atoms with van der Waals surface area (Å²) in [6, 6.07) is 11.9. The Balaban J connectivity index is 1.96. The van der Waals surface area contributed by atoms with Gasteiger partial charge in [-0.1, -0.05) is 35.4 Å². The summed E-state index contributed by atoms with van der Waals surface area (Å²) in [4.78, 5) is 11.5. The molecule has 2 N–H and O–H groups in total. The fraction of sp³-hybridized carbons (Fsp3) is 0.348. The van der Waals surface area contributed by atoms with E-state index in [1.807, 2.05) is 37.3 Å². The predicted molar refractivity (Wildman–Crippen MR) is 111 cm³/mol. The largest absolute Gasteiger partial charge is 0.481 e. The second-order valence-corrected chi connectivity index (χ2v) is 8.27. The Hall–Kier alpha value is -2.30. The number of aryl methyl sites for hydroxylation is 2. The third-order valence-electron chi connectivity index (χ3n) is 5.73. The van der Waals surface area contributed by atoms with Gasteiger partial charge in [0.25, 0.3) is 0 Å². The minimum Gasteiger partial charge on any atom is -0.481 e. The van der Waals surface area contributed by atoms with Gasteiger partial charge < -0.3 is 14.8 Å². The molecule has 3 aromatic rings. The van der Waals surface area contributed by atoms with Gasteiger partial charge in [0, 0.05) is 34.1 Å². The van der Waals surface area contributed by atoms with Crippen molar-refractivity contribution in [3.63, 3.8) is 0 Å². The first-order valence-electron chi connectivity index (χ1n) is 9.65. The molecule has 28 heavy (non-hydrogen) atoms. The fourth-order valence-corrected chi connectivity index (χ4v) is 4.73. The van der Waals surface area contributed by atoms with Gasteiger partial charge in [0.1, 0.15) is 0 Å². The quantitative estimate of drug-likeness (QED) is 0.621.